The zero-order valence-electron chi connectivity index (χ0n) is 15.5. The van der Waals surface area contributed by atoms with Crippen molar-refractivity contribution in [2.24, 2.45) is 0 Å². The van der Waals surface area contributed by atoms with E-state index in [4.69, 9.17) is 4.74 Å². The number of pyridine rings is 1. The first kappa shape index (κ1) is 17.7. The molecule has 0 fully saturated rings. The average molecular weight is 374 g/mol. The first-order valence-corrected chi connectivity index (χ1v) is 10.2. The molecular formula is C24H23NOS. The minimum Gasteiger partial charge on any atom is -0.497 e. The molecule has 0 saturated carbocycles. The van der Waals surface area contributed by atoms with Crippen LogP contribution in [0.3, 0.4) is 0 Å². The van der Waals surface area contributed by atoms with Crippen molar-refractivity contribution >= 4 is 22.1 Å². The van der Waals surface area contributed by atoms with Crippen molar-refractivity contribution in [2.45, 2.75) is 25.7 Å². The lowest BCUT2D eigenvalue weighted by molar-refractivity contribution is 0.414. The summed E-state index contributed by atoms with van der Waals surface area (Å²) in [6.07, 6.45) is 8.48. The van der Waals surface area contributed by atoms with Crippen molar-refractivity contribution in [1.29, 1.82) is 0 Å². The fourth-order valence-corrected chi connectivity index (χ4v) is 4.29. The smallest absolute Gasteiger partial charge is 0.118 e. The van der Waals surface area contributed by atoms with Crippen LogP contribution in [0.25, 0.3) is 21.9 Å². The van der Waals surface area contributed by atoms with Gasteiger partial charge in [-0.1, -0.05) is 24.3 Å². The third kappa shape index (κ3) is 4.37. The highest BCUT2D eigenvalue weighted by Gasteiger charge is 2.04. The lowest BCUT2D eigenvalue weighted by Gasteiger charge is -2.03. The Labute approximate surface area is 164 Å². The first-order valence-electron chi connectivity index (χ1n) is 9.36. The lowest BCUT2D eigenvalue weighted by Crippen LogP contribution is -1.89. The van der Waals surface area contributed by atoms with Crippen molar-refractivity contribution in [3.63, 3.8) is 0 Å². The molecule has 0 aliphatic rings. The zero-order chi connectivity index (χ0) is 18.5. The zero-order valence-corrected chi connectivity index (χ0v) is 16.3. The summed E-state index contributed by atoms with van der Waals surface area (Å²) in [5, 5.41) is 4.71. The standard InChI is InChI=1S/C24H23NOS/c1-26-23-10-6-18(7-11-23)4-2-3-5-24-15-22(17-27-24)19-8-9-21-16-25-13-12-20(21)14-19/h6-17H,2-5H2,1H3. The lowest BCUT2D eigenvalue weighted by atomic mass is 10.0. The number of aryl methyl sites for hydroxylation is 2. The summed E-state index contributed by atoms with van der Waals surface area (Å²) in [6, 6.07) is 19.4. The molecule has 0 aliphatic heterocycles. The van der Waals surface area contributed by atoms with Crippen LogP contribution in [-0.2, 0) is 12.8 Å². The molecule has 0 spiro atoms. The molecule has 3 heteroatoms. The van der Waals surface area contributed by atoms with Gasteiger partial charge in [-0.3, -0.25) is 4.98 Å². The molecule has 0 saturated heterocycles. The van der Waals surface area contributed by atoms with Crippen LogP contribution in [-0.4, -0.2) is 12.1 Å². The fraction of sp³-hybridized carbons (Fsp3) is 0.208. The van der Waals surface area contributed by atoms with E-state index in [1.165, 1.54) is 45.2 Å². The maximum atomic E-state index is 5.21. The average Bonchev–Trinajstić information content (AvgIpc) is 3.20. The minimum atomic E-state index is 0.926. The van der Waals surface area contributed by atoms with Crippen LogP contribution in [0.4, 0.5) is 0 Å². The van der Waals surface area contributed by atoms with Gasteiger partial charge in [0.25, 0.3) is 0 Å². The predicted molar refractivity (Wildman–Crippen MR) is 115 cm³/mol. The van der Waals surface area contributed by atoms with E-state index in [1.807, 2.05) is 35.9 Å². The van der Waals surface area contributed by atoms with Crippen LogP contribution >= 0.6 is 11.3 Å². The summed E-state index contributed by atoms with van der Waals surface area (Å²) in [5.41, 5.74) is 3.99. The van der Waals surface area contributed by atoms with Crippen LogP contribution < -0.4 is 4.74 Å². The fourth-order valence-electron chi connectivity index (χ4n) is 3.35. The van der Waals surface area contributed by atoms with Crippen LogP contribution in [0.15, 0.2) is 72.4 Å². The third-order valence-electron chi connectivity index (χ3n) is 4.93. The van der Waals surface area contributed by atoms with E-state index in [0.29, 0.717) is 0 Å². The second kappa shape index (κ2) is 8.36. The number of benzene rings is 2. The molecular weight excluding hydrogens is 350 g/mol. The van der Waals surface area contributed by atoms with Gasteiger partial charge in [0.2, 0.25) is 0 Å². The Morgan fingerprint density at radius 1 is 0.852 bits per heavy atom. The number of hydrogen-bond donors (Lipinski definition) is 0. The van der Waals surface area contributed by atoms with Gasteiger partial charge in [0.15, 0.2) is 0 Å². The highest BCUT2D eigenvalue weighted by Crippen LogP contribution is 2.29. The molecule has 0 unspecified atom stereocenters. The van der Waals surface area contributed by atoms with E-state index in [1.54, 1.807) is 7.11 Å². The van der Waals surface area contributed by atoms with Gasteiger partial charge in [-0.2, -0.15) is 0 Å². The molecule has 0 radical (unpaired) electrons. The molecule has 0 amide bonds. The Morgan fingerprint density at radius 2 is 1.70 bits per heavy atom. The van der Waals surface area contributed by atoms with Crippen molar-refractivity contribution in [2.75, 3.05) is 7.11 Å². The van der Waals surface area contributed by atoms with Gasteiger partial charge in [0.1, 0.15) is 5.75 Å². The highest BCUT2D eigenvalue weighted by atomic mass is 32.1. The molecule has 2 aromatic heterocycles. The molecule has 4 aromatic rings. The first-order chi connectivity index (χ1) is 13.3. The second-order valence-electron chi connectivity index (χ2n) is 6.79. The number of hydrogen-bond acceptors (Lipinski definition) is 3. The Morgan fingerprint density at radius 3 is 2.56 bits per heavy atom. The molecule has 136 valence electrons. The number of rotatable bonds is 7. The van der Waals surface area contributed by atoms with E-state index in [2.05, 4.69) is 52.8 Å². The van der Waals surface area contributed by atoms with E-state index in [9.17, 15) is 0 Å². The summed E-state index contributed by atoms with van der Waals surface area (Å²) >= 11 is 1.87. The number of fused-ring (bicyclic) bond motifs is 1. The highest BCUT2D eigenvalue weighted by molar-refractivity contribution is 7.10. The summed E-state index contributed by atoms with van der Waals surface area (Å²) in [4.78, 5) is 5.65. The Balaban J connectivity index is 1.33. The number of ether oxygens (including phenoxy) is 1. The Bertz CT molecular complexity index is 1020. The number of aromatic nitrogens is 1. The van der Waals surface area contributed by atoms with Gasteiger partial charge < -0.3 is 4.74 Å². The number of methoxy groups -OCH3 is 1. The molecule has 0 N–H and O–H groups in total. The van der Waals surface area contributed by atoms with Gasteiger partial charge in [-0.05, 0) is 83.5 Å². The Kier molecular flexibility index (Phi) is 5.50. The molecule has 2 nitrogen and oxygen atoms in total. The quantitative estimate of drug-likeness (QED) is 0.343. The molecule has 2 heterocycles. The number of nitrogens with zero attached hydrogens (tertiary/aromatic N) is 1. The molecule has 0 aliphatic carbocycles. The van der Waals surface area contributed by atoms with Crippen LogP contribution in [0.1, 0.15) is 23.3 Å². The van der Waals surface area contributed by atoms with E-state index >= 15 is 0 Å². The summed E-state index contributed by atoms with van der Waals surface area (Å²) in [5.74, 6) is 0.926. The van der Waals surface area contributed by atoms with Crippen LogP contribution in [0, 0.1) is 0 Å². The number of thiophene rings is 1. The second-order valence-corrected chi connectivity index (χ2v) is 7.79. The Hall–Kier alpha value is -2.65. The van der Waals surface area contributed by atoms with Gasteiger partial charge in [0.05, 0.1) is 7.11 Å². The molecule has 27 heavy (non-hydrogen) atoms. The van der Waals surface area contributed by atoms with Crippen LogP contribution in [0.5, 0.6) is 5.75 Å². The van der Waals surface area contributed by atoms with Gasteiger partial charge in [-0.25, -0.2) is 0 Å². The SMILES string of the molecule is COc1ccc(CCCCc2cc(-c3ccc4cnccc4c3)cs2)cc1. The number of unbranched alkanes of at least 4 members (excludes halogenated alkanes) is 1. The predicted octanol–water partition coefficient (Wildman–Crippen LogP) is 6.54. The van der Waals surface area contributed by atoms with E-state index < -0.39 is 0 Å². The van der Waals surface area contributed by atoms with Crippen LogP contribution in [0.2, 0.25) is 0 Å². The van der Waals surface area contributed by atoms with Crippen molar-refractivity contribution < 1.29 is 4.74 Å². The van der Waals surface area contributed by atoms with E-state index in [-0.39, 0.29) is 0 Å². The molecule has 2 aromatic carbocycles. The normalized spacial score (nSPS) is 11.0. The maximum absolute atomic E-state index is 5.21. The van der Waals surface area contributed by atoms with Crippen molar-refractivity contribution in [3.8, 4) is 16.9 Å². The van der Waals surface area contributed by atoms with E-state index in [0.717, 1.165) is 18.6 Å². The van der Waals surface area contributed by atoms with Gasteiger partial charge in [-0.15, -0.1) is 11.3 Å². The van der Waals surface area contributed by atoms with Crippen molar-refractivity contribution in [3.05, 3.63) is 82.8 Å². The topological polar surface area (TPSA) is 22.1 Å². The molecule has 0 bridgehead atoms. The molecule has 4 rings (SSSR count). The maximum Gasteiger partial charge on any atom is 0.118 e. The molecule has 0 atom stereocenters. The minimum absolute atomic E-state index is 0.926. The van der Waals surface area contributed by atoms with Gasteiger partial charge >= 0.3 is 0 Å². The van der Waals surface area contributed by atoms with Gasteiger partial charge in [0, 0.05) is 22.7 Å². The monoisotopic (exact) mass is 373 g/mol. The largest absolute Gasteiger partial charge is 0.497 e. The summed E-state index contributed by atoms with van der Waals surface area (Å²) < 4.78 is 5.21. The van der Waals surface area contributed by atoms with Crippen molar-refractivity contribution in [1.82, 2.24) is 4.98 Å². The summed E-state index contributed by atoms with van der Waals surface area (Å²) in [7, 11) is 1.71. The summed E-state index contributed by atoms with van der Waals surface area (Å²) in [6.45, 7) is 0. The third-order valence-corrected chi connectivity index (χ3v) is 5.92.